The van der Waals surface area contributed by atoms with E-state index in [4.69, 9.17) is 4.74 Å². The van der Waals surface area contributed by atoms with Gasteiger partial charge >= 0.3 is 0 Å². The first kappa shape index (κ1) is 16.1. The molecule has 0 aromatic rings. The Balaban J connectivity index is 1.75. The van der Waals surface area contributed by atoms with Crippen LogP contribution in [0.3, 0.4) is 0 Å². The lowest BCUT2D eigenvalue weighted by Crippen LogP contribution is -2.52. The van der Waals surface area contributed by atoms with Crippen LogP contribution in [0.4, 0.5) is 0 Å². The fourth-order valence-electron chi connectivity index (χ4n) is 3.41. The number of hydrogen-bond donors (Lipinski definition) is 0. The van der Waals surface area contributed by atoms with Gasteiger partial charge in [-0.2, -0.15) is 28.8 Å². The standard InChI is InChI=1S/C14H26N2O3S2/c17-21(18,15-7-2-1-3-8-15)16(13-6-10-20-12-13)11-14-5-4-9-19-14/h13-14H,1-12H2. The normalized spacial score (nSPS) is 32.0. The lowest BCUT2D eigenvalue weighted by Gasteiger charge is -2.36. The second kappa shape index (κ2) is 7.17. The van der Waals surface area contributed by atoms with Crippen molar-refractivity contribution in [2.45, 2.75) is 50.7 Å². The Morgan fingerprint density at radius 2 is 1.95 bits per heavy atom. The van der Waals surface area contributed by atoms with Crippen LogP contribution in [0.25, 0.3) is 0 Å². The summed E-state index contributed by atoms with van der Waals surface area (Å²) in [4.78, 5) is 0. The highest BCUT2D eigenvalue weighted by atomic mass is 32.2. The van der Waals surface area contributed by atoms with Crippen LogP contribution in [0.15, 0.2) is 0 Å². The molecule has 3 aliphatic heterocycles. The number of piperidine rings is 1. The average molecular weight is 335 g/mol. The van der Waals surface area contributed by atoms with Crippen molar-refractivity contribution in [3.63, 3.8) is 0 Å². The molecule has 3 fully saturated rings. The molecule has 0 aromatic heterocycles. The third-order valence-electron chi connectivity index (χ3n) is 4.66. The Hall–Kier alpha value is 0.180. The van der Waals surface area contributed by atoms with Gasteiger partial charge in [0.25, 0.3) is 10.2 Å². The third-order valence-corrected chi connectivity index (χ3v) is 7.86. The molecule has 7 heteroatoms. The smallest absolute Gasteiger partial charge is 0.282 e. The maximum absolute atomic E-state index is 13.0. The lowest BCUT2D eigenvalue weighted by molar-refractivity contribution is 0.0854. The summed E-state index contributed by atoms with van der Waals surface area (Å²) < 4.78 is 35.3. The maximum atomic E-state index is 13.0. The predicted octanol–water partition coefficient (Wildman–Crippen LogP) is 1.70. The van der Waals surface area contributed by atoms with Gasteiger partial charge in [0.2, 0.25) is 0 Å². The van der Waals surface area contributed by atoms with E-state index < -0.39 is 10.2 Å². The first-order valence-corrected chi connectivity index (χ1v) is 10.7. The number of rotatable bonds is 5. The van der Waals surface area contributed by atoms with Crippen LogP contribution in [0.1, 0.15) is 38.5 Å². The van der Waals surface area contributed by atoms with Crippen LogP contribution < -0.4 is 0 Å². The van der Waals surface area contributed by atoms with Gasteiger partial charge in [0.05, 0.1) is 6.10 Å². The quantitative estimate of drug-likeness (QED) is 0.768. The maximum Gasteiger partial charge on any atom is 0.282 e. The van der Waals surface area contributed by atoms with E-state index >= 15 is 0 Å². The molecule has 21 heavy (non-hydrogen) atoms. The van der Waals surface area contributed by atoms with Crippen LogP contribution in [0, 0.1) is 0 Å². The zero-order valence-corrected chi connectivity index (χ0v) is 14.2. The summed E-state index contributed by atoms with van der Waals surface area (Å²) in [6.07, 6.45) is 6.25. The Labute approximate surface area is 132 Å². The second-order valence-corrected chi connectivity index (χ2v) is 9.22. The molecule has 0 bridgehead atoms. The van der Waals surface area contributed by atoms with Crippen molar-refractivity contribution < 1.29 is 13.2 Å². The van der Waals surface area contributed by atoms with Crippen LogP contribution in [0.2, 0.25) is 0 Å². The molecule has 0 radical (unpaired) electrons. The molecule has 2 atom stereocenters. The second-order valence-electron chi connectivity index (χ2n) is 6.19. The van der Waals surface area contributed by atoms with Crippen LogP contribution in [-0.2, 0) is 14.9 Å². The Kier molecular flexibility index (Phi) is 5.48. The Morgan fingerprint density at radius 3 is 2.57 bits per heavy atom. The Morgan fingerprint density at radius 1 is 1.14 bits per heavy atom. The van der Waals surface area contributed by atoms with Crippen molar-refractivity contribution in [2.24, 2.45) is 0 Å². The van der Waals surface area contributed by atoms with Crippen LogP contribution >= 0.6 is 11.8 Å². The van der Waals surface area contributed by atoms with E-state index in [1.165, 1.54) is 0 Å². The number of thioether (sulfide) groups is 1. The predicted molar refractivity (Wildman–Crippen MR) is 85.8 cm³/mol. The molecule has 3 saturated heterocycles. The zero-order chi connectivity index (χ0) is 14.7. The topological polar surface area (TPSA) is 49.9 Å². The molecule has 0 aliphatic carbocycles. The van der Waals surface area contributed by atoms with E-state index in [1.807, 2.05) is 11.8 Å². The Bertz CT molecular complexity index is 426. The van der Waals surface area contributed by atoms with Gasteiger partial charge in [-0.15, -0.1) is 0 Å². The molecule has 3 aliphatic rings. The van der Waals surface area contributed by atoms with Crippen LogP contribution in [-0.4, -0.2) is 66.9 Å². The average Bonchev–Trinajstić information content (AvgIpc) is 3.19. The SMILES string of the molecule is O=S(=O)(N1CCCCC1)N(CC1CCCO1)C1CCSC1. The van der Waals surface area contributed by atoms with E-state index in [-0.39, 0.29) is 12.1 Å². The molecule has 0 spiro atoms. The van der Waals surface area contributed by atoms with E-state index in [0.717, 1.165) is 56.6 Å². The van der Waals surface area contributed by atoms with Crippen molar-refractivity contribution >= 4 is 22.0 Å². The van der Waals surface area contributed by atoms with Gasteiger partial charge in [0, 0.05) is 38.0 Å². The zero-order valence-electron chi connectivity index (χ0n) is 12.6. The molecule has 3 rings (SSSR count). The molecule has 122 valence electrons. The summed E-state index contributed by atoms with van der Waals surface area (Å²) in [5.41, 5.74) is 0. The van der Waals surface area contributed by atoms with Gasteiger partial charge in [0.1, 0.15) is 0 Å². The van der Waals surface area contributed by atoms with Gasteiger partial charge in [0.15, 0.2) is 0 Å². The van der Waals surface area contributed by atoms with Crippen molar-refractivity contribution in [3.8, 4) is 0 Å². The summed E-state index contributed by atoms with van der Waals surface area (Å²) in [6, 6.07) is 0.158. The van der Waals surface area contributed by atoms with Crippen molar-refractivity contribution in [1.82, 2.24) is 8.61 Å². The van der Waals surface area contributed by atoms with Crippen molar-refractivity contribution in [2.75, 3.05) is 37.7 Å². The summed E-state index contributed by atoms with van der Waals surface area (Å²) in [6.45, 7) is 2.69. The summed E-state index contributed by atoms with van der Waals surface area (Å²) in [7, 11) is -3.32. The monoisotopic (exact) mass is 334 g/mol. The third kappa shape index (κ3) is 3.75. The molecule has 3 heterocycles. The molecule has 0 amide bonds. The van der Waals surface area contributed by atoms with Gasteiger partial charge in [-0.25, -0.2) is 0 Å². The highest BCUT2D eigenvalue weighted by Crippen LogP contribution is 2.28. The molecule has 0 saturated carbocycles. The van der Waals surface area contributed by atoms with Crippen molar-refractivity contribution in [1.29, 1.82) is 0 Å². The summed E-state index contributed by atoms with van der Waals surface area (Å²) in [5.74, 6) is 2.00. The number of nitrogens with zero attached hydrogens (tertiary/aromatic N) is 2. The first-order valence-electron chi connectivity index (χ1n) is 8.14. The highest BCUT2D eigenvalue weighted by molar-refractivity contribution is 7.99. The minimum atomic E-state index is -3.32. The van der Waals surface area contributed by atoms with E-state index in [0.29, 0.717) is 19.6 Å². The van der Waals surface area contributed by atoms with Crippen molar-refractivity contribution in [3.05, 3.63) is 0 Å². The fraction of sp³-hybridized carbons (Fsp3) is 1.00. The van der Waals surface area contributed by atoms with Gasteiger partial charge in [-0.3, -0.25) is 0 Å². The van der Waals surface area contributed by atoms with Gasteiger partial charge in [-0.1, -0.05) is 6.42 Å². The molecular formula is C14H26N2O3S2. The van der Waals surface area contributed by atoms with E-state index in [2.05, 4.69) is 0 Å². The lowest BCUT2D eigenvalue weighted by atomic mass is 10.2. The molecule has 5 nitrogen and oxygen atoms in total. The highest BCUT2D eigenvalue weighted by Gasteiger charge is 2.38. The fourth-order valence-corrected chi connectivity index (χ4v) is 6.66. The molecule has 0 aromatic carbocycles. The number of hydrogen-bond acceptors (Lipinski definition) is 4. The van der Waals surface area contributed by atoms with E-state index in [9.17, 15) is 8.42 Å². The molecule has 0 N–H and O–H groups in total. The largest absolute Gasteiger partial charge is 0.377 e. The summed E-state index contributed by atoms with van der Waals surface area (Å²) >= 11 is 1.87. The summed E-state index contributed by atoms with van der Waals surface area (Å²) in [5, 5.41) is 0. The minimum Gasteiger partial charge on any atom is -0.377 e. The van der Waals surface area contributed by atoms with Gasteiger partial charge in [-0.05, 0) is 37.9 Å². The van der Waals surface area contributed by atoms with Gasteiger partial charge < -0.3 is 4.74 Å². The van der Waals surface area contributed by atoms with Crippen LogP contribution in [0.5, 0.6) is 0 Å². The molecule has 2 unspecified atom stereocenters. The molecular weight excluding hydrogens is 308 g/mol. The number of ether oxygens (including phenoxy) is 1. The first-order chi connectivity index (χ1) is 10.2. The minimum absolute atomic E-state index is 0.0927. The van der Waals surface area contributed by atoms with E-state index in [1.54, 1.807) is 8.61 Å².